The van der Waals surface area contributed by atoms with Gasteiger partial charge in [0, 0.05) is 123 Å². The molecular weight excluding hydrogens is 2040 g/mol. The number of hydrogen-bond acceptors (Lipinski definition) is 25. The van der Waals surface area contributed by atoms with Crippen molar-refractivity contribution < 1.29 is 77.4 Å². The number of aromatic amines is 2. The fraction of sp³-hybridized carbons (Fsp3) is 0.269. The molecule has 0 atom stereocenters. The van der Waals surface area contributed by atoms with Crippen LogP contribution in [0.5, 0.6) is 11.5 Å². The van der Waals surface area contributed by atoms with E-state index in [9.17, 15) is 53.4 Å². The van der Waals surface area contributed by atoms with Gasteiger partial charge in [0.15, 0.2) is 29.1 Å². The van der Waals surface area contributed by atoms with Gasteiger partial charge in [-0.25, -0.2) is 38.9 Å². The number of pyridine rings is 6. The molecule has 39 heteroatoms. The maximum absolute atomic E-state index is 13.6. The monoisotopic (exact) mass is 2150 g/mol. The first-order chi connectivity index (χ1) is 70.9. The Hall–Kier alpha value is -15.3. The number of halogens is 1. The van der Waals surface area contributed by atoms with Gasteiger partial charge < -0.3 is 59.1 Å². The molecule has 14 aromatic rings. The van der Waals surface area contributed by atoms with Crippen molar-refractivity contribution in [2.24, 2.45) is 0 Å². The van der Waals surface area contributed by atoms with Gasteiger partial charge in [-0.1, -0.05) is 160 Å². The van der Waals surface area contributed by atoms with Crippen molar-refractivity contribution in [3.63, 3.8) is 0 Å². The van der Waals surface area contributed by atoms with Crippen molar-refractivity contribution in [2.45, 2.75) is 107 Å². The summed E-state index contributed by atoms with van der Waals surface area (Å²) in [5, 5.41) is 37.3. The third-order valence-electron chi connectivity index (χ3n) is 24.7. The van der Waals surface area contributed by atoms with Crippen molar-refractivity contribution in [3.05, 3.63) is 339 Å². The first kappa shape index (κ1) is 109. The summed E-state index contributed by atoms with van der Waals surface area (Å²) in [7, 11) is 19.0. The zero-order valence-electron chi connectivity index (χ0n) is 83.0. The molecule has 10 aromatic heterocycles. The third kappa shape index (κ3) is 27.9. The molecule has 0 aliphatic carbocycles. The van der Waals surface area contributed by atoms with Crippen molar-refractivity contribution in [3.8, 4) is 23.1 Å². The summed E-state index contributed by atoms with van der Waals surface area (Å²) < 4.78 is 26.1. The van der Waals surface area contributed by atoms with Crippen molar-refractivity contribution in [2.75, 3.05) is 79.8 Å². The normalized spacial score (nSPS) is 13.4. The summed E-state index contributed by atoms with van der Waals surface area (Å²) in [6.45, 7) is 12.3. The Morgan fingerprint density at radius 2 is 0.741 bits per heavy atom. The summed E-state index contributed by atoms with van der Waals surface area (Å²) in [6, 6.07) is 48.1. The van der Waals surface area contributed by atoms with Gasteiger partial charge in [0.25, 0.3) is 17.5 Å². The Kier molecular flexibility index (Phi) is 38.5. The quantitative estimate of drug-likeness (QED) is 0.0182. The SMILES string of the molecule is CCOC(=O)c1cnc[c]([Sn]([CH3])([CH3])[CH3])c1.COc1cnc(-n2cnc(C)n2)c2[nH]cc(C(=O)C(=O)N3CCC(=C(c4ccccc4)c4cncc(CO)c4)CC3)c12.COc1cnc(-n2cnc(C)n2)c2[nH]cc(C(=O)C(=O)O)c12.[B]C(=O)N1CCC(=C(Br)c2ccccc2)CC1.[B]C(=O)N1CCC(=C(c2ccccc2)c2cncc(C(=O)OCC)c2)CC1.[B]C(=O)N1CCC(=C(c2ccccc2)c2cncc(CO)c2)CC1. The zero-order valence-corrected chi connectivity index (χ0v) is 87.4. The summed E-state index contributed by atoms with van der Waals surface area (Å²) >= 11 is 1.53. The van der Waals surface area contributed by atoms with E-state index in [4.69, 9.17) is 47.6 Å². The van der Waals surface area contributed by atoms with Crippen LogP contribution < -0.4 is 13.1 Å². The number of aryl methyl sites for hydroxylation is 2. The zero-order chi connectivity index (χ0) is 105. The van der Waals surface area contributed by atoms with Gasteiger partial charge in [-0.05, 0) is 140 Å². The van der Waals surface area contributed by atoms with Crippen LogP contribution in [0.25, 0.3) is 54.6 Å². The second-order valence-electron chi connectivity index (χ2n) is 35.3. The fourth-order valence-electron chi connectivity index (χ4n) is 17.3. The number of esters is 2. The number of piperidine rings is 4. The molecule has 748 valence electrons. The average molecular weight is 2150 g/mol. The fourth-order valence-corrected chi connectivity index (χ4v) is 20.9. The maximum atomic E-state index is 13.6. The van der Waals surface area contributed by atoms with Crippen molar-refractivity contribution in [1.29, 1.82) is 0 Å². The van der Waals surface area contributed by atoms with E-state index in [-0.39, 0.29) is 53.7 Å². The first-order valence-corrected chi connectivity index (χ1v) is 58.4. The molecular formula is C108H110B3BrN18O16Sn. The standard InChI is InChI=1S/C31H29N7O4.C21H21BN2O3.C19H19BN2O2.C13H13BBrNO.C13H11N5O4.C8H8NO2.3CH3.Sn/c1-19-35-18-38(36-19)30-28-27(25(42-2)16-34-30)24(15-33-28)29(40)31(41)37-10-8-22(9-11-37)26(21-6-4-3-5-7-21)23-12-20(17-39)13-32-14-23;1-2-27-20(25)18-12-17(13-23-14-18)19(15-6-4-3-5-7-15)16-8-10-24(11-9-16)21(22)26;20-19(24)22-8-6-16(7-9-22)18(15-4-2-1-3-5-15)17-10-14(13-23)11-21-12-17;14-13(17)16-8-6-11(7-9-16)12(15)10-4-2-1-3-5-10;1-6-16-5-18(17-6)12-10-9(8(22-2)4-15-12)7(3-14-10)11(19)13(20)21;1-2-11-8(10)7-4-3-5-9-6-7;;;;/h3-7,12-16,18,33,39H,8-11,17H2,1-2H3;3-7,12-14H,2,8-11H2,1H3;1-5,10-12,23H,6-9,13H2;1-5H,6-9H2;3-5,14H,1-2H3,(H,20,21);4-6H,2H2,1H3;3*1H3;. The van der Waals surface area contributed by atoms with Gasteiger partial charge in [-0.2, -0.15) is 10.2 Å². The number of methoxy groups -OCH3 is 2. The third-order valence-corrected chi connectivity index (χ3v) is 31.5. The van der Waals surface area contributed by atoms with Crippen LogP contribution in [0.1, 0.15) is 168 Å². The molecule has 4 aromatic carbocycles. The number of ether oxygens (including phenoxy) is 4. The number of benzene rings is 4. The number of aliphatic carboxylic acids is 1. The predicted molar refractivity (Wildman–Crippen MR) is 566 cm³/mol. The minimum Gasteiger partial charge on any atom is -0.494 e. The number of Topliss-reactive ketones (excluding diaryl/α,β-unsaturated/α-hetero) is 2. The molecule has 0 unspecified atom stereocenters. The molecule has 4 fully saturated rings. The van der Waals surface area contributed by atoms with Crippen LogP contribution in [-0.4, -0.2) is 279 Å². The van der Waals surface area contributed by atoms with Crippen LogP contribution in [0, 0.1) is 13.8 Å². The Labute approximate surface area is 866 Å². The number of amides is 4. The van der Waals surface area contributed by atoms with Crippen LogP contribution >= 0.6 is 15.9 Å². The first-order valence-electron chi connectivity index (χ1n) is 47.6. The number of nitrogens with one attached hydrogen (secondary N) is 2. The van der Waals surface area contributed by atoms with E-state index in [1.165, 1.54) is 98.7 Å². The number of hydrogen-bond donors (Lipinski definition) is 5. The summed E-state index contributed by atoms with van der Waals surface area (Å²) in [5.41, 5.74) is 19.1. The number of carboxylic acid groups (broad SMARTS) is 1. The number of H-pyrrole nitrogens is 2. The van der Waals surface area contributed by atoms with Crippen LogP contribution in [0.2, 0.25) is 14.8 Å². The van der Waals surface area contributed by atoms with Gasteiger partial charge in [-0.3, -0.25) is 43.7 Å². The molecule has 4 aliphatic rings. The molecule has 147 heavy (non-hydrogen) atoms. The van der Waals surface area contributed by atoms with E-state index in [1.54, 1.807) is 78.3 Å². The average Bonchev–Trinajstić information content (AvgIpc) is 1.62. The molecule has 34 nitrogen and oxygen atoms in total. The summed E-state index contributed by atoms with van der Waals surface area (Å²) in [5.74, 6) is -2.87. The number of carbonyl (C=O) groups is 9. The molecule has 4 amide bonds. The van der Waals surface area contributed by atoms with Crippen LogP contribution in [0.4, 0.5) is 14.4 Å². The van der Waals surface area contributed by atoms with E-state index in [2.05, 4.69) is 115 Å². The number of aliphatic hydroxyl groups is 2. The van der Waals surface area contributed by atoms with Gasteiger partial charge >= 0.3 is 107 Å². The van der Waals surface area contributed by atoms with Crippen molar-refractivity contribution in [1.82, 2.24) is 89.0 Å². The van der Waals surface area contributed by atoms with Gasteiger partial charge in [0.1, 0.15) is 35.8 Å². The van der Waals surface area contributed by atoms with Crippen LogP contribution in [-0.2, 0) is 32.3 Å². The van der Waals surface area contributed by atoms with Gasteiger partial charge in [-0.15, -0.1) is 0 Å². The summed E-state index contributed by atoms with van der Waals surface area (Å²) in [4.78, 5) is 161. The van der Waals surface area contributed by atoms with E-state index in [1.807, 2.05) is 134 Å². The maximum Gasteiger partial charge on any atom is 0.377 e. The molecule has 0 bridgehead atoms. The van der Waals surface area contributed by atoms with Crippen molar-refractivity contribution >= 4 is 157 Å². The molecule has 0 saturated carbocycles. The number of aromatic nitrogens is 14. The van der Waals surface area contributed by atoms with E-state index in [0.717, 1.165) is 104 Å². The Morgan fingerprint density at radius 3 is 1.08 bits per heavy atom. The Morgan fingerprint density at radius 1 is 0.408 bits per heavy atom. The molecule has 5 N–H and O–H groups in total. The predicted octanol–water partition coefficient (Wildman–Crippen LogP) is 15.6. The number of ketones is 2. The number of carboxylic acids is 1. The molecule has 4 saturated heterocycles. The second-order valence-corrected chi connectivity index (χ2v) is 50.6. The molecule has 6 radical (unpaired) electrons. The number of fused-ring (bicyclic) bond motifs is 2. The Bertz CT molecular complexity index is 7200. The number of nitrogens with zero attached hydrogens (tertiary/aromatic N) is 16. The van der Waals surface area contributed by atoms with E-state index >= 15 is 0 Å². The topological polar surface area (TPSA) is 435 Å². The van der Waals surface area contributed by atoms with Gasteiger partial charge in [0.05, 0.1) is 84.9 Å². The second kappa shape index (κ2) is 52.0. The van der Waals surface area contributed by atoms with Crippen LogP contribution in [0.15, 0.2) is 255 Å². The van der Waals surface area contributed by atoms with Crippen LogP contribution in [0.3, 0.4) is 0 Å². The van der Waals surface area contributed by atoms with E-state index in [0.29, 0.717) is 146 Å². The largest absolute Gasteiger partial charge is 0.494 e. The number of likely N-dealkylation sites (tertiary alicyclic amines) is 4. The van der Waals surface area contributed by atoms with Gasteiger partial charge in [0.2, 0.25) is 23.5 Å². The number of aliphatic hydroxyl groups excluding tert-OH is 2. The smallest absolute Gasteiger partial charge is 0.377 e. The number of rotatable bonds is 22. The summed E-state index contributed by atoms with van der Waals surface area (Å²) in [6.07, 6.45) is 28.4. The number of carbonyl (C=O) groups excluding carboxylic acids is 8. The molecule has 14 heterocycles. The Balaban J connectivity index is 0.000000153. The minimum atomic E-state index is -2.12. The van der Waals surface area contributed by atoms with E-state index < -0.39 is 41.8 Å². The molecule has 0 spiro atoms. The molecule has 4 aliphatic heterocycles. The minimum absolute atomic E-state index is 0.000151. The molecule has 18 rings (SSSR count).